The number of nitrogens with one attached hydrogen (secondary N) is 3. The number of hydrogen-bond acceptors (Lipinski definition) is 3. The van der Waals surface area contributed by atoms with Crippen molar-refractivity contribution in [3.05, 3.63) is 65.7 Å². The molecule has 0 aliphatic heterocycles. The molecule has 1 aliphatic carbocycles. The Morgan fingerprint density at radius 1 is 0.967 bits per heavy atom. The largest absolute Gasteiger partial charge is 0.348 e. The van der Waals surface area contributed by atoms with Crippen LogP contribution in [0, 0.1) is 5.92 Å². The maximum Gasteiger partial charge on any atom is 0.251 e. The van der Waals surface area contributed by atoms with Crippen LogP contribution in [0.1, 0.15) is 60.9 Å². The predicted octanol–water partition coefficient (Wildman–Crippen LogP) is 4.79. The molecular weight excluding hydrogens is 394 g/mol. The minimum Gasteiger partial charge on any atom is -0.348 e. The van der Waals surface area contributed by atoms with Crippen LogP contribution in [-0.4, -0.2) is 16.9 Å². The van der Waals surface area contributed by atoms with E-state index in [0.717, 1.165) is 12.0 Å². The number of anilines is 1. The summed E-state index contributed by atoms with van der Waals surface area (Å²) in [5.74, 6) is 0.442. The lowest BCUT2D eigenvalue weighted by atomic mass is 9.86. The van der Waals surface area contributed by atoms with Crippen LogP contribution in [0.4, 0.5) is 5.69 Å². The Morgan fingerprint density at radius 3 is 2.50 bits per heavy atom. The van der Waals surface area contributed by atoms with Crippen LogP contribution in [0.15, 0.2) is 54.6 Å². The molecule has 30 heavy (non-hydrogen) atoms. The highest BCUT2D eigenvalue weighted by Gasteiger charge is 2.15. The van der Waals surface area contributed by atoms with Gasteiger partial charge in [-0.2, -0.15) is 0 Å². The van der Waals surface area contributed by atoms with E-state index in [1.165, 1.54) is 32.1 Å². The lowest BCUT2D eigenvalue weighted by Gasteiger charge is -2.21. The lowest BCUT2D eigenvalue weighted by molar-refractivity contribution is -0.120. The SMILES string of the molecule is O=C(CCC1CCCCC1)NC(=S)Nc1cccc(C(=O)NCc2ccccc2)c1. The van der Waals surface area contributed by atoms with Crippen LogP contribution in [0.25, 0.3) is 0 Å². The Labute approximate surface area is 183 Å². The molecule has 0 atom stereocenters. The van der Waals surface area contributed by atoms with Gasteiger partial charge >= 0.3 is 0 Å². The minimum absolute atomic E-state index is 0.0603. The summed E-state index contributed by atoms with van der Waals surface area (Å²) in [6.45, 7) is 0.465. The van der Waals surface area contributed by atoms with Gasteiger partial charge in [0.15, 0.2) is 5.11 Å². The first-order valence-electron chi connectivity index (χ1n) is 10.6. The third-order valence-electron chi connectivity index (χ3n) is 5.44. The molecular formula is C24H29N3O2S. The Hall–Kier alpha value is -2.73. The molecule has 1 saturated carbocycles. The summed E-state index contributed by atoms with van der Waals surface area (Å²) in [6, 6.07) is 16.8. The second-order valence-corrected chi connectivity index (χ2v) is 8.20. The van der Waals surface area contributed by atoms with Crippen molar-refractivity contribution in [2.24, 2.45) is 5.92 Å². The van der Waals surface area contributed by atoms with E-state index in [2.05, 4.69) is 16.0 Å². The molecule has 3 rings (SSSR count). The first-order chi connectivity index (χ1) is 14.6. The first kappa shape index (κ1) is 22.0. The van der Waals surface area contributed by atoms with E-state index >= 15 is 0 Å². The topological polar surface area (TPSA) is 70.2 Å². The minimum atomic E-state index is -0.162. The van der Waals surface area contributed by atoms with Crippen molar-refractivity contribution in [1.29, 1.82) is 0 Å². The number of thiocarbonyl (C=S) groups is 1. The second-order valence-electron chi connectivity index (χ2n) is 7.79. The van der Waals surface area contributed by atoms with Crippen LogP contribution in [0.5, 0.6) is 0 Å². The molecule has 2 aromatic carbocycles. The zero-order chi connectivity index (χ0) is 21.2. The number of hydrogen-bond donors (Lipinski definition) is 3. The fraction of sp³-hybridized carbons (Fsp3) is 0.375. The van der Waals surface area contributed by atoms with Crippen molar-refractivity contribution >= 4 is 34.8 Å². The highest BCUT2D eigenvalue weighted by atomic mass is 32.1. The maximum absolute atomic E-state index is 12.4. The van der Waals surface area contributed by atoms with Gasteiger partial charge in [-0.3, -0.25) is 9.59 Å². The number of carbonyl (C=O) groups excluding carboxylic acids is 2. The summed E-state index contributed by atoms with van der Waals surface area (Å²) >= 11 is 5.26. The monoisotopic (exact) mass is 423 g/mol. The highest BCUT2D eigenvalue weighted by Crippen LogP contribution is 2.27. The zero-order valence-electron chi connectivity index (χ0n) is 17.2. The van der Waals surface area contributed by atoms with Crippen LogP contribution in [0.2, 0.25) is 0 Å². The predicted molar refractivity (Wildman–Crippen MR) is 124 cm³/mol. The van der Waals surface area contributed by atoms with E-state index in [4.69, 9.17) is 12.2 Å². The molecule has 0 heterocycles. The van der Waals surface area contributed by atoms with Gasteiger partial charge < -0.3 is 16.0 Å². The van der Waals surface area contributed by atoms with Crippen molar-refractivity contribution in [3.8, 4) is 0 Å². The standard InChI is InChI=1S/C24H29N3O2S/c28-22(15-14-18-8-3-1-4-9-18)27-24(30)26-21-13-7-12-20(16-21)23(29)25-17-19-10-5-2-6-11-19/h2,5-7,10-13,16,18H,1,3-4,8-9,14-15,17H2,(H,25,29)(H2,26,27,28,30). The van der Waals surface area contributed by atoms with Gasteiger partial charge in [-0.25, -0.2) is 0 Å². The number of amides is 2. The fourth-order valence-corrected chi connectivity index (χ4v) is 4.01. The van der Waals surface area contributed by atoms with Crippen LogP contribution >= 0.6 is 12.2 Å². The van der Waals surface area contributed by atoms with Crippen molar-refractivity contribution in [2.75, 3.05) is 5.32 Å². The van der Waals surface area contributed by atoms with Gasteiger partial charge in [0, 0.05) is 24.2 Å². The molecule has 2 aromatic rings. The number of carbonyl (C=O) groups is 2. The van der Waals surface area contributed by atoms with Crippen molar-refractivity contribution in [3.63, 3.8) is 0 Å². The highest BCUT2D eigenvalue weighted by molar-refractivity contribution is 7.80. The molecule has 0 spiro atoms. The van der Waals surface area contributed by atoms with E-state index in [-0.39, 0.29) is 16.9 Å². The maximum atomic E-state index is 12.4. The van der Waals surface area contributed by atoms with Gasteiger partial charge in [-0.15, -0.1) is 0 Å². The van der Waals surface area contributed by atoms with Crippen LogP contribution < -0.4 is 16.0 Å². The van der Waals surface area contributed by atoms with E-state index in [1.807, 2.05) is 36.4 Å². The number of benzene rings is 2. The summed E-state index contributed by atoms with van der Waals surface area (Å²) in [6.07, 6.45) is 7.76. The van der Waals surface area contributed by atoms with Crippen molar-refractivity contribution < 1.29 is 9.59 Å². The molecule has 3 N–H and O–H groups in total. The Morgan fingerprint density at radius 2 is 1.73 bits per heavy atom. The summed E-state index contributed by atoms with van der Waals surface area (Å²) in [5, 5.41) is 8.91. The summed E-state index contributed by atoms with van der Waals surface area (Å²) < 4.78 is 0. The van der Waals surface area contributed by atoms with Crippen molar-refractivity contribution in [1.82, 2.24) is 10.6 Å². The molecule has 1 fully saturated rings. The molecule has 158 valence electrons. The smallest absolute Gasteiger partial charge is 0.251 e. The van der Waals surface area contributed by atoms with Crippen LogP contribution in [-0.2, 0) is 11.3 Å². The molecule has 6 heteroatoms. The molecule has 0 aromatic heterocycles. The third-order valence-corrected chi connectivity index (χ3v) is 5.64. The summed E-state index contributed by atoms with van der Waals surface area (Å²) in [7, 11) is 0. The van der Waals surface area contributed by atoms with E-state index in [0.29, 0.717) is 30.1 Å². The van der Waals surface area contributed by atoms with Crippen molar-refractivity contribution in [2.45, 2.75) is 51.5 Å². The fourth-order valence-electron chi connectivity index (χ4n) is 3.78. The average molecular weight is 424 g/mol. The summed E-state index contributed by atoms with van der Waals surface area (Å²) in [5.41, 5.74) is 2.24. The summed E-state index contributed by atoms with van der Waals surface area (Å²) in [4.78, 5) is 24.6. The van der Waals surface area contributed by atoms with Crippen LogP contribution in [0.3, 0.4) is 0 Å². The first-order valence-corrected chi connectivity index (χ1v) is 11.0. The van der Waals surface area contributed by atoms with E-state index in [9.17, 15) is 9.59 Å². The Balaban J connectivity index is 1.44. The molecule has 1 aliphatic rings. The van der Waals surface area contributed by atoms with Gasteiger partial charge in [-0.1, -0.05) is 68.5 Å². The lowest BCUT2D eigenvalue weighted by Crippen LogP contribution is -2.34. The normalized spacial score (nSPS) is 14.0. The zero-order valence-corrected chi connectivity index (χ0v) is 18.0. The molecule has 0 radical (unpaired) electrons. The Bertz CT molecular complexity index is 864. The molecule has 2 amide bonds. The van der Waals surface area contributed by atoms with E-state index < -0.39 is 0 Å². The molecule has 5 nitrogen and oxygen atoms in total. The van der Waals surface area contributed by atoms with Gasteiger partial charge in [0.2, 0.25) is 5.91 Å². The van der Waals surface area contributed by atoms with Gasteiger partial charge in [-0.05, 0) is 48.3 Å². The molecule has 0 saturated heterocycles. The van der Waals surface area contributed by atoms with Gasteiger partial charge in [0.1, 0.15) is 0 Å². The van der Waals surface area contributed by atoms with Gasteiger partial charge in [0.05, 0.1) is 0 Å². The average Bonchev–Trinajstić information content (AvgIpc) is 2.77. The van der Waals surface area contributed by atoms with E-state index in [1.54, 1.807) is 18.2 Å². The number of rotatable bonds is 7. The Kier molecular flexibility index (Phi) is 8.39. The van der Waals surface area contributed by atoms with Gasteiger partial charge in [0.25, 0.3) is 5.91 Å². The molecule has 0 unspecified atom stereocenters. The third kappa shape index (κ3) is 7.26. The quantitative estimate of drug-likeness (QED) is 0.560. The second kappa shape index (κ2) is 11.5. The molecule has 0 bridgehead atoms.